The van der Waals surface area contributed by atoms with Gasteiger partial charge < -0.3 is 5.32 Å². The summed E-state index contributed by atoms with van der Waals surface area (Å²) in [7, 11) is 0. The fraction of sp³-hybridized carbons (Fsp3) is 0.929. The van der Waals surface area contributed by atoms with Crippen LogP contribution in [0.15, 0.2) is 0 Å². The predicted molar refractivity (Wildman–Crippen MR) is 68.0 cm³/mol. The van der Waals surface area contributed by atoms with Gasteiger partial charge in [0.05, 0.1) is 12.0 Å². The molecule has 0 spiro atoms. The van der Waals surface area contributed by atoms with E-state index in [-0.39, 0.29) is 5.92 Å². The Morgan fingerprint density at radius 3 is 2.62 bits per heavy atom. The number of rotatable bonds is 6. The van der Waals surface area contributed by atoms with Crippen molar-refractivity contribution in [2.24, 2.45) is 11.8 Å². The van der Waals surface area contributed by atoms with E-state index >= 15 is 0 Å². The van der Waals surface area contributed by atoms with Crippen LogP contribution in [0.25, 0.3) is 0 Å². The van der Waals surface area contributed by atoms with Gasteiger partial charge in [0.15, 0.2) is 0 Å². The van der Waals surface area contributed by atoms with Crippen LogP contribution in [0.5, 0.6) is 0 Å². The van der Waals surface area contributed by atoms with E-state index in [0.717, 1.165) is 12.3 Å². The molecule has 1 aliphatic carbocycles. The molecule has 1 N–H and O–H groups in total. The molecule has 0 heterocycles. The molecule has 0 saturated heterocycles. The Kier molecular flexibility index (Phi) is 5.84. The van der Waals surface area contributed by atoms with Gasteiger partial charge in [-0.25, -0.2) is 0 Å². The maximum atomic E-state index is 9.01. The van der Waals surface area contributed by atoms with Gasteiger partial charge in [-0.1, -0.05) is 33.1 Å². The molecule has 1 fully saturated rings. The minimum absolute atomic E-state index is 0.257. The topological polar surface area (TPSA) is 35.8 Å². The lowest BCUT2D eigenvalue weighted by Crippen LogP contribution is -2.38. The summed E-state index contributed by atoms with van der Waals surface area (Å²) in [6, 6.07) is 3.46. The summed E-state index contributed by atoms with van der Waals surface area (Å²) >= 11 is 0. The molecule has 3 unspecified atom stereocenters. The number of nitrogens with zero attached hydrogens (tertiary/aromatic N) is 1. The van der Waals surface area contributed by atoms with Crippen molar-refractivity contribution < 1.29 is 0 Å². The van der Waals surface area contributed by atoms with Crippen LogP contribution in [-0.4, -0.2) is 12.1 Å². The van der Waals surface area contributed by atoms with Gasteiger partial charge in [0.25, 0.3) is 0 Å². The summed E-state index contributed by atoms with van der Waals surface area (Å²) in [6.45, 7) is 6.81. The van der Waals surface area contributed by atoms with Gasteiger partial charge in [-0.15, -0.1) is 0 Å². The molecule has 0 aromatic heterocycles. The van der Waals surface area contributed by atoms with Crippen LogP contribution in [0.4, 0.5) is 0 Å². The highest BCUT2D eigenvalue weighted by atomic mass is 15.0. The third-order valence-electron chi connectivity index (χ3n) is 3.60. The molecular weight excluding hydrogens is 196 g/mol. The van der Waals surface area contributed by atoms with Crippen LogP contribution in [0.2, 0.25) is 0 Å². The van der Waals surface area contributed by atoms with E-state index in [1.54, 1.807) is 0 Å². The van der Waals surface area contributed by atoms with Crippen molar-refractivity contribution in [3.63, 3.8) is 0 Å². The fourth-order valence-electron chi connectivity index (χ4n) is 2.60. The average Bonchev–Trinajstić information content (AvgIpc) is 2.64. The Labute approximate surface area is 100 Å². The second-order valence-corrected chi connectivity index (χ2v) is 5.67. The van der Waals surface area contributed by atoms with E-state index in [2.05, 4.69) is 32.2 Å². The van der Waals surface area contributed by atoms with E-state index in [9.17, 15) is 0 Å². The molecule has 1 aliphatic rings. The predicted octanol–water partition coefficient (Wildman–Crippen LogP) is 3.48. The second-order valence-electron chi connectivity index (χ2n) is 5.67. The van der Waals surface area contributed by atoms with Crippen molar-refractivity contribution in [1.29, 1.82) is 5.26 Å². The third-order valence-corrected chi connectivity index (χ3v) is 3.60. The maximum absolute atomic E-state index is 9.01. The van der Waals surface area contributed by atoms with Crippen molar-refractivity contribution >= 4 is 0 Å². The van der Waals surface area contributed by atoms with Crippen LogP contribution < -0.4 is 5.32 Å². The van der Waals surface area contributed by atoms with Crippen molar-refractivity contribution in [1.82, 2.24) is 5.32 Å². The molecule has 0 aromatic carbocycles. The zero-order valence-corrected chi connectivity index (χ0v) is 11.0. The molecule has 2 nitrogen and oxygen atoms in total. The Hall–Kier alpha value is -0.550. The van der Waals surface area contributed by atoms with Gasteiger partial charge in [0.1, 0.15) is 0 Å². The summed E-state index contributed by atoms with van der Waals surface area (Å²) in [5.41, 5.74) is 0. The fourth-order valence-corrected chi connectivity index (χ4v) is 2.60. The van der Waals surface area contributed by atoms with E-state index < -0.39 is 0 Å². The van der Waals surface area contributed by atoms with Crippen molar-refractivity contribution in [2.45, 2.75) is 71.4 Å². The molecule has 0 bridgehead atoms. The minimum atomic E-state index is 0.257. The summed E-state index contributed by atoms with van der Waals surface area (Å²) in [5, 5.41) is 12.6. The summed E-state index contributed by atoms with van der Waals surface area (Å²) in [4.78, 5) is 0. The SMILES string of the molecule is CC(C)CCCC(C)NC1CCCC1C#N. The van der Waals surface area contributed by atoms with Crippen LogP contribution in [0, 0.1) is 23.2 Å². The molecule has 0 aromatic rings. The molecule has 0 aliphatic heterocycles. The van der Waals surface area contributed by atoms with Gasteiger partial charge in [-0.2, -0.15) is 5.26 Å². The van der Waals surface area contributed by atoms with Gasteiger partial charge in [-0.3, -0.25) is 0 Å². The summed E-state index contributed by atoms with van der Waals surface area (Å²) in [5.74, 6) is 1.07. The lowest BCUT2D eigenvalue weighted by Gasteiger charge is -2.21. The molecule has 1 rings (SSSR count). The minimum Gasteiger partial charge on any atom is -0.310 e. The number of hydrogen-bond donors (Lipinski definition) is 1. The van der Waals surface area contributed by atoms with Crippen LogP contribution in [-0.2, 0) is 0 Å². The lowest BCUT2D eigenvalue weighted by atomic mass is 10.0. The van der Waals surface area contributed by atoms with Crippen LogP contribution >= 0.6 is 0 Å². The Morgan fingerprint density at radius 2 is 2.00 bits per heavy atom. The first-order valence-corrected chi connectivity index (χ1v) is 6.79. The average molecular weight is 222 g/mol. The smallest absolute Gasteiger partial charge is 0.0672 e. The number of nitrogens with one attached hydrogen (secondary N) is 1. The Bertz CT molecular complexity index is 229. The first-order valence-electron chi connectivity index (χ1n) is 6.79. The zero-order valence-electron chi connectivity index (χ0n) is 11.0. The second kappa shape index (κ2) is 6.91. The van der Waals surface area contributed by atoms with Crippen molar-refractivity contribution in [3.8, 4) is 6.07 Å². The standard InChI is InChI=1S/C14H26N2/c1-11(2)6-4-7-12(3)16-14-9-5-8-13(14)10-15/h11-14,16H,4-9H2,1-3H3. The Balaban J connectivity index is 2.18. The quantitative estimate of drug-likeness (QED) is 0.747. The zero-order chi connectivity index (χ0) is 12.0. The van der Waals surface area contributed by atoms with Gasteiger partial charge in [-0.05, 0) is 32.1 Å². The third kappa shape index (κ3) is 4.53. The molecule has 1 saturated carbocycles. The maximum Gasteiger partial charge on any atom is 0.0672 e. The number of nitriles is 1. The normalized spacial score (nSPS) is 26.9. The molecule has 0 radical (unpaired) electrons. The van der Waals surface area contributed by atoms with Crippen LogP contribution in [0.1, 0.15) is 59.3 Å². The first-order chi connectivity index (χ1) is 7.63. The van der Waals surface area contributed by atoms with Gasteiger partial charge in [0.2, 0.25) is 0 Å². The highest BCUT2D eigenvalue weighted by molar-refractivity contribution is 4.97. The molecule has 16 heavy (non-hydrogen) atoms. The first kappa shape index (κ1) is 13.5. The van der Waals surface area contributed by atoms with E-state index in [4.69, 9.17) is 5.26 Å². The van der Waals surface area contributed by atoms with Gasteiger partial charge >= 0.3 is 0 Å². The summed E-state index contributed by atoms with van der Waals surface area (Å²) in [6.07, 6.45) is 7.36. The largest absolute Gasteiger partial charge is 0.310 e. The van der Waals surface area contributed by atoms with Crippen molar-refractivity contribution in [3.05, 3.63) is 0 Å². The van der Waals surface area contributed by atoms with Crippen LogP contribution in [0.3, 0.4) is 0 Å². The van der Waals surface area contributed by atoms with Crippen molar-refractivity contribution in [2.75, 3.05) is 0 Å². The molecule has 92 valence electrons. The number of hydrogen-bond acceptors (Lipinski definition) is 2. The lowest BCUT2D eigenvalue weighted by molar-refractivity contribution is 0.381. The highest BCUT2D eigenvalue weighted by Crippen LogP contribution is 2.25. The van der Waals surface area contributed by atoms with E-state index in [1.165, 1.54) is 32.1 Å². The molecule has 2 heteroatoms. The molecular formula is C14H26N2. The molecule has 3 atom stereocenters. The van der Waals surface area contributed by atoms with E-state index in [1.807, 2.05) is 0 Å². The highest BCUT2D eigenvalue weighted by Gasteiger charge is 2.27. The molecule has 0 amide bonds. The van der Waals surface area contributed by atoms with E-state index in [0.29, 0.717) is 12.1 Å². The Morgan fingerprint density at radius 1 is 1.25 bits per heavy atom. The summed E-state index contributed by atoms with van der Waals surface area (Å²) < 4.78 is 0. The monoisotopic (exact) mass is 222 g/mol. The van der Waals surface area contributed by atoms with Gasteiger partial charge in [0, 0.05) is 12.1 Å².